The van der Waals surface area contributed by atoms with Crippen LogP contribution in [0.3, 0.4) is 0 Å². The number of carboxylic acids is 1. The van der Waals surface area contributed by atoms with E-state index < -0.39 is 17.9 Å². The monoisotopic (exact) mass is 418 g/mol. The zero-order chi connectivity index (χ0) is 19.6. The molecular formula is C18H14N2O4S3. The number of hydrogen-bond acceptors (Lipinski definition) is 6. The van der Waals surface area contributed by atoms with Gasteiger partial charge in [-0.05, 0) is 42.6 Å². The van der Waals surface area contributed by atoms with Gasteiger partial charge in [0.2, 0.25) is 5.91 Å². The van der Waals surface area contributed by atoms with Crippen molar-refractivity contribution in [1.82, 2.24) is 4.90 Å². The molecule has 2 aromatic rings. The largest absolute Gasteiger partial charge is 0.478 e. The van der Waals surface area contributed by atoms with Crippen molar-refractivity contribution in [2.75, 3.05) is 5.32 Å². The molecule has 1 aliphatic heterocycles. The number of nitrogens with zero attached hydrogens (tertiary/aromatic N) is 1. The normalized spacial score (nSPS) is 16.6. The summed E-state index contributed by atoms with van der Waals surface area (Å²) in [6.45, 7) is 1.58. The zero-order valence-corrected chi connectivity index (χ0v) is 16.5. The molecule has 9 heteroatoms. The van der Waals surface area contributed by atoms with Crippen LogP contribution in [-0.4, -0.2) is 38.2 Å². The number of carboxylic acid groups (broad SMARTS) is 1. The van der Waals surface area contributed by atoms with Gasteiger partial charge >= 0.3 is 5.97 Å². The van der Waals surface area contributed by atoms with Crippen molar-refractivity contribution in [3.8, 4) is 0 Å². The smallest absolute Gasteiger partial charge is 0.335 e. The first-order chi connectivity index (χ1) is 12.9. The van der Waals surface area contributed by atoms with Crippen molar-refractivity contribution in [1.29, 1.82) is 0 Å². The predicted molar refractivity (Wildman–Crippen MR) is 111 cm³/mol. The van der Waals surface area contributed by atoms with E-state index in [0.717, 1.165) is 16.6 Å². The molecule has 1 atom stereocenters. The van der Waals surface area contributed by atoms with Crippen LogP contribution in [0.15, 0.2) is 46.7 Å². The molecule has 1 aliphatic rings. The maximum Gasteiger partial charge on any atom is 0.335 e. The average molecular weight is 419 g/mol. The molecule has 1 aromatic carbocycles. The fourth-order valence-electron chi connectivity index (χ4n) is 2.41. The Kier molecular flexibility index (Phi) is 5.73. The third-order valence-electron chi connectivity index (χ3n) is 3.78. The topological polar surface area (TPSA) is 86.7 Å². The Labute approximate surface area is 168 Å². The number of hydrogen-bond donors (Lipinski definition) is 2. The highest BCUT2D eigenvalue weighted by Gasteiger charge is 2.38. The number of thiocarbonyl (C=S) groups is 1. The SMILES string of the molecule is C[C@H](C(=O)Nc1cccc(C(=O)O)c1)N1C(=O)/C(=C\c2cccs2)SC1=S. The number of benzene rings is 1. The Morgan fingerprint density at radius 1 is 1.30 bits per heavy atom. The second kappa shape index (κ2) is 8.03. The molecule has 138 valence electrons. The van der Waals surface area contributed by atoms with Crippen LogP contribution in [0.25, 0.3) is 6.08 Å². The lowest BCUT2D eigenvalue weighted by Crippen LogP contribution is -2.44. The summed E-state index contributed by atoms with van der Waals surface area (Å²) >= 11 is 7.94. The van der Waals surface area contributed by atoms with Gasteiger partial charge in [0.05, 0.1) is 10.5 Å². The van der Waals surface area contributed by atoms with Crippen LogP contribution in [0.1, 0.15) is 22.2 Å². The molecule has 2 N–H and O–H groups in total. The molecule has 3 rings (SSSR count). The summed E-state index contributed by atoms with van der Waals surface area (Å²) in [6, 6.07) is 8.85. The zero-order valence-electron chi connectivity index (χ0n) is 14.0. The second-order valence-electron chi connectivity index (χ2n) is 5.62. The van der Waals surface area contributed by atoms with Crippen molar-refractivity contribution in [2.24, 2.45) is 0 Å². The van der Waals surface area contributed by atoms with Gasteiger partial charge in [0.1, 0.15) is 10.4 Å². The van der Waals surface area contributed by atoms with Gasteiger partial charge in [0.15, 0.2) is 0 Å². The standard InChI is InChI=1S/C18H14N2O4S3/c1-10(15(21)19-12-5-2-4-11(8-12)17(23)24)20-16(22)14(27-18(20)25)9-13-6-3-7-26-13/h2-10H,1H3,(H,19,21)(H,23,24)/b14-9+/t10-/m1/s1. The lowest BCUT2D eigenvalue weighted by Gasteiger charge is -2.22. The fourth-order valence-corrected chi connectivity index (χ4v) is 4.55. The van der Waals surface area contributed by atoms with Gasteiger partial charge in [0, 0.05) is 10.6 Å². The van der Waals surface area contributed by atoms with E-state index in [1.54, 1.807) is 19.1 Å². The van der Waals surface area contributed by atoms with Gasteiger partial charge in [-0.1, -0.05) is 36.1 Å². The van der Waals surface area contributed by atoms with Crippen molar-refractivity contribution in [3.63, 3.8) is 0 Å². The van der Waals surface area contributed by atoms with E-state index in [-0.39, 0.29) is 11.5 Å². The Balaban J connectivity index is 1.75. The van der Waals surface area contributed by atoms with Gasteiger partial charge in [0.25, 0.3) is 5.91 Å². The lowest BCUT2D eigenvalue weighted by molar-refractivity contribution is -0.129. The number of carbonyl (C=O) groups is 3. The summed E-state index contributed by atoms with van der Waals surface area (Å²) in [4.78, 5) is 39.0. The van der Waals surface area contributed by atoms with Crippen LogP contribution in [-0.2, 0) is 9.59 Å². The van der Waals surface area contributed by atoms with E-state index in [1.807, 2.05) is 17.5 Å². The number of anilines is 1. The van der Waals surface area contributed by atoms with Crippen LogP contribution >= 0.6 is 35.3 Å². The number of aromatic carboxylic acids is 1. The quantitative estimate of drug-likeness (QED) is 0.569. The molecule has 1 saturated heterocycles. The molecule has 27 heavy (non-hydrogen) atoms. The Bertz CT molecular complexity index is 953. The molecule has 0 radical (unpaired) electrons. The number of thioether (sulfide) groups is 1. The van der Waals surface area contributed by atoms with Gasteiger partial charge < -0.3 is 10.4 Å². The highest BCUT2D eigenvalue weighted by Crippen LogP contribution is 2.34. The molecule has 0 saturated carbocycles. The van der Waals surface area contributed by atoms with Crippen molar-refractivity contribution >= 4 is 69.2 Å². The van der Waals surface area contributed by atoms with Crippen LogP contribution in [0.5, 0.6) is 0 Å². The van der Waals surface area contributed by atoms with Gasteiger partial charge in [-0.3, -0.25) is 14.5 Å². The highest BCUT2D eigenvalue weighted by molar-refractivity contribution is 8.26. The molecule has 1 aromatic heterocycles. The summed E-state index contributed by atoms with van der Waals surface area (Å²) in [5.41, 5.74) is 0.399. The van der Waals surface area contributed by atoms with Gasteiger partial charge in [-0.15, -0.1) is 11.3 Å². The third kappa shape index (κ3) is 4.26. The lowest BCUT2D eigenvalue weighted by atomic mass is 10.2. The molecule has 0 bridgehead atoms. The van der Waals surface area contributed by atoms with Crippen LogP contribution in [0.2, 0.25) is 0 Å². The first-order valence-electron chi connectivity index (χ1n) is 7.81. The van der Waals surface area contributed by atoms with Crippen molar-refractivity contribution in [3.05, 3.63) is 57.1 Å². The first kappa shape index (κ1) is 19.3. The number of thiophene rings is 1. The minimum Gasteiger partial charge on any atom is -0.478 e. The molecule has 6 nitrogen and oxygen atoms in total. The summed E-state index contributed by atoms with van der Waals surface area (Å²) in [6.07, 6.45) is 1.75. The van der Waals surface area contributed by atoms with E-state index in [9.17, 15) is 14.4 Å². The molecule has 0 unspecified atom stereocenters. The Morgan fingerprint density at radius 3 is 2.74 bits per heavy atom. The molecule has 2 amide bonds. The van der Waals surface area contributed by atoms with E-state index in [2.05, 4.69) is 5.32 Å². The molecule has 0 spiro atoms. The second-order valence-corrected chi connectivity index (χ2v) is 8.27. The summed E-state index contributed by atoms with van der Waals surface area (Å²) < 4.78 is 0.310. The summed E-state index contributed by atoms with van der Waals surface area (Å²) in [7, 11) is 0. The Hall–Kier alpha value is -2.49. The number of carbonyl (C=O) groups excluding carboxylic acids is 2. The number of rotatable bonds is 5. The third-order valence-corrected chi connectivity index (χ3v) is 5.93. The van der Waals surface area contributed by atoms with E-state index in [0.29, 0.717) is 14.9 Å². The fraction of sp³-hybridized carbons (Fsp3) is 0.111. The highest BCUT2D eigenvalue weighted by atomic mass is 32.2. The van der Waals surface area contributed by atoms with E-state index in [1.165, 1.54) is 34.4 Å². The number of nitrogens with one attached hydrogen (secondary N) is 1. The van der Waals surface area contributed by atoms with Crippen molar-refractivity contribution < 1.29 is 19.5 Å². The van der Waals surface area contributed by atoms with Crippen LogP contribution < -0.4 is 5.32 Å². The Morgan fingerprint density at radius 2 is 2.07 bits per heavy atom. The first-order valence-corrected chi connectivity index (χ1v) is 9.92. The molecule has 1 fully saturated rings. The molecule has 2 heterocycles. The van der Waals surface area contributed by atoms with E-state index in [4.69, 9.17) is 17.3 Å². The summed E-state index contributed by atoms with van der Waals surface area (Å²) in [5, 5.41) is 13.6. The van der Waals surface area contributed by atoms with Gasteiger partial charge in [-0.25, -0.2) is 4.79 Å². The van der Waals surface area contributed by atoms with E-state index >= 15 is 0 Å². The van der Waals surface area contributed by atoms with Gasteiger partial charge in [-0.2, -0.15) is 0 Å². The number of amides is 2. The molecule has 0 aliphatic carbocycles. The minimum atomic E-state index is -1.09. The average Bonchev–Trinajstić information content (AvgIpc) is 3.23. The summed E-state index contributed by atoms with van der Waals surface area (Å²) in [5.74, 6) is -1.86. The van der Waals surface area contributed by atoms with Crippen LogP contribution in [0, 0.1) is 0 Å². The predicted octanol–water partition coefficient (Wildman–Crippen LogP) is 3.67. The minimum absolute atomic E-state index is 0.0601. The maximum atomic E-state index is 12.7. The molecular weight excluding hydrogens is 404 g/mol. The van der Waals surface area contributed by atoms with Crippen LogP contribution in [0.4, 0.5) is 5.69 Å². The maximum absolute atomic E-state index is 12.7. The van der Waals surface area contributed by atoms with Crippen molar-refractivity contribution in [2.45, 2.75) is 13.0 Å².